The van der Waals surface area contributed by atoms with E-state index in [0.29, 0.717) is 32.3 Å². The number of phenolic OH excluding ortho intramolecular Hbond substituents is 3. The van der Waals surface area contributed by atoms with Crippen molar-refractivity contribution >= 4 is 158 Å². The normalized spacial score (nSPS) is 13.1. The Morgan fingerprint density at radius 2 is 0.593 bits per heavy atom. The molecule has 0 aliphatic rings. The number of aromatic hydroxyl groups is 3. The summed E-state index contributed by atoms with van der Waals surface area (Å²) in [7, 11) is -21.5. The third-order valence-corrected chi connectivity index (χ3v) is 20.5. The van der Waals surface area contributed by atoms with Crippen LogP contribution in [0.5, 0.6) is 17.2 Å². The Morgan fingerprint density at radius 1 is 0.309 bits per heavy atom. The number of rotatable bonds is 12. The lowest BCUT2D eigenvalue weighted by Gasteiger charge is -2.18. The van der Waals surface area contributed by atoms with Crippen molar-refractivity contribution in [3.8, 4) is 17.2 Å². The maximum Gasteiger partial charge on any atom is 0.297 e. The molecule has 0 aliphatic carbocycles. The molecule has 0 unspecified atom stereocenters. The predicted molar refractivity (Wildman–Crippen MR) is 303 cm³/mol. The van der Waals surface area contributed by atoms with Gasteiger partial charge in [-0.1, -0.05) is 78.9 Å². The van der Waals surface area contributed by atoms with Gasteiger partial charge >= 0.3 is 0 Å². The summed E-state index contributed by atoms with van der Waals surface area (Å²) in [6.07, 6.45) is 0. The molecule has 0 bridgehead atoms. The van der Waals surface area contributed by atoms with Crippen LogP contribution in [0.15, 0.2) is 147 Å². The maximum atomic E-state index is 12.6. The summed E-state index contributed by atoms with van der Waals surface area (Å²) in [5.74, 6) is -2.54. The molecule has 0 saturated heterocycles. The van der Waals surface area contributed by atoms with Crippen LogP contribution in [0.4, 0.5) is 0 Å². The average Bonchev–Trinajstić information content (AvgIpc) is 1.84. The highest BCUT2D eigenvalue weighted by atomic mass is 32.2. The van der Waals surface area contributed by atoms with Crippen molar-refractivity contribution in [2.75, 3.05) is 28.4 Å². The maximum absolute atomic E-state index is 12.6. The zero-order chi connectivity index (χ0) is 58.7. The number of hydrogen-bond donors (Lipinski definition) is 5. The average molecular weight is 1220 g/mol. The van der Waals surface area contributed by atoms with Gasteiger partial charge in [0.05, 0.1) is 28.4 Å². The van der Waals surface area contributed by atoms with Gasteiger partial charge in [-0.25, -0.2) is 0 Å². The zero-order valence-corrected chi connectivity index (χ0v) is 47.2. The van der Waals surface area contributed by atoms with Gasteiger partial charge in [0.1, 0.15) is 48.3 Å². The molecule has 0 heterocycles. The van der Waals surface area contributed by atoms with E-state index in [-0.39, 0.29) is 79.9 Å². The summed E-state index contributed by atoms with van der Waals surface area (Å²) in [5, 5.41) is 40.1. The molecule has 21 nitrogen and oxygen atoms in total. The zero-order valence-electron chi connectivity index (χ0n) is 42.3. The molecule has 0 radical (unpaired) electrons. The number of hydrogen-bond acceptors (Lipinski definition) is 19. The van der Waals surface area contributed by atoms with Crippen LogP contribution in [0.2, 0.25) is 0 Å². The molecule has 27 heteroatoms. The molecule has 0 spiro atoms. The van der Waals surface area contributed by atoms with E-state index in [2.05, 4.69) is 22.8 Å². The molecule has 12 aromatic rings. The van der Waals surface area contributed by atoms with Gasteiger partial charge in [-0.15, -0.1) is 0 Å². The van der Waals surface area contributed by atoms with E-state index >= 15 is 0 Å². The summed E-state index contributed by atoms with van der Waals surface area (Å²) in [5.41, 5.74) is -0.00706. The highest BCUT2D eigenvalue weighted by Crippen LogP contribution is 2.47. The van der Waals surface area contributed by atoms with E-state index in [1.807, 2.05) is 42.5 Å². The Bertz CT molecular complexity index is 5280. The molecule has 0 fully saturated rings. The van der Waals surface area contributed by atoms with Crippen LogP contribution in [-0.4, -0.2) is 103 Å². The van der Waals surface area contributed by atoms with Crippen molar-refractivity contribution in [2.45, 2.75) is 31.1 Å². The van der Waals surface area contributed by atoms with E-state index < -0.39 is 78.0 Å². The fourth-order valence-electron chi connectivity index (χ4n) is 10.5. The Labute approximate surface area is 461 Å². The minimum Gasteiger partial charge on any atom is -0.507 e. The first-order chi connectivity index (χ1) is 38.0. The van der Waals surface area contributed by atoms with E-state index in [9.17, 15) is 74.9 Å². The Balaban J connectivity index is 0.000000139. The summed E-state index contributed by atoms with van der Waals surface area (Å²) in [6, 6.07) is 33.5. The van der Waals surface area contributed by atoms with Crippen molar-refractivity contribution in [3.63, 3.8) is 0 Å². The van der Waals surface area contributed by atoms with Crippen LogP contribution in [0.25, 0.3) is 97.0 Å². The molecule has 0 aromatic heterocycles. The molecule has 12 aromatic carbocycles. The van der Waals surface area contributed by atoms with Crippen LogP contribution in [-0.2, 0) is 88.9 Å². The largest absolute Gasteiger partial charge is 0.507 e. The molecular formula is C54H42O21S6. The van der Waals surface area contributed by atoms with Crippen molar-refractivity contribution in [2.24, 2.45) is 0 Å². The third-order valence-electron chi connectivity index (χ3n) is 13.9. The summed E-state index contributed by atoms with van der Waals surface area (Å²) >= 11 is 0. The second-order valence-electron chi connectivity index (χ2n) is 18.4. The molecule has 81 heavy (non-hydrogen) atoms. The van der Waals surface area contributed by atoms with Gasteiger partial charge in [0.25, 0.3) is 60.7 Å². The van der Waals surface area contributed by atoms with Crippen LogP contribution >= 0.6 is 0 Å². The van der Waals surface area contributed by atoms with Gasteiger partial charge in [0.2, 0.25) is 0 Å². The monoisotopic (exact) mass is 1220 g/mol. The van der Waals surface area contributed by atoms with Gasteiger partial charge < -0.3 is 15.3 Å². The SMILES string of the molecule is COS(=O)(=O)c1cc(CS(=O)(=O)O)c2ccc3c(O)cc(O)c4ccc1c2c34.COS(=O)(=O)c1cc(O)c2ccc3c(CS(=O)(=O)O)cc(S(=O)(=O)OC)c4ccc1c2c34.COS(=O)(=O)c1ccc2ccc3cccc4ccc1c2c34. The van der Waals surface area contributed by atoms with Crippen LogP contribution < -0.4 is 0 Å². The Hall–Kier alpha value is -7.38. The predicted octanol–water partition coefficient (Wildman–Crippen LogP) is 8.98. The fraction of sp³-hybridized carbons (Fsp3) is 0.111. The smallest absolute Gasteiger partial charge is 0.297 e. The van der Waals surface area contributed by atoms with Crippen LogP contribution in [0.1, 0.15) is 11.1 Å². The van der Waals surface area contributed by atoms with Crippen LogP contribution in [0, 0.1) is 0 Å². The lowest BCUT2D eigenvalue weighted by Crippen LogP contribution is -2.09. The fourth-order valence-corrected chi connectivity index (χ4v) is 15.3. The Kier molecular flexibility index (Phi) is 14.0. The standard InChI is InChI=1S/C19H16O10S3.C18H14O8S2.C17H12O3S/c1-28-31(24,25)16-7-10(9-30(21,22)23)11-3-4-12-15(20)8-17(32(26,27)29-2)14-6-5-13(16)18(11)19(12)14;1-26-28(24,25)16-6-9(8-27(21,22)23)10-2-3-11-14(19)7-15(20)12-4-5-13(16)17(10)18(11)12;1-20-21(18,19)15-10-8-13-6-5-11-3-2-4-12-7-9-14(15)17(13)16(11)12/h3-8,20H,9H2,1-2H3,(H,21,22,23);2-7,19-20H,8H2,1H3,(H,21,22,23);2-10H,1H3. The first-order valence-electron chi connectivity index (χ1n) is 23.4. The minimum atomic E-state index is -4.56. The van der Waals surface area contributed by atoms with Crippen molar-refractivity contribution in [3.05, 3.63) is 139 Å². The van der Waals surface area contributed by atoms with Crippen LogP contribution in [0.3, 0.4) is 0 Å². The summed E-state index contributed by atoms with van der Waals surface area (Å²) < 4.78 is 183. The van der Waals surface area contributed by atoms with Crippen molar-refractivity contribution < 1.29 is 91.7 Å². The van der Waals surface area contributed by atoms with E-state index in [0.717, 1.165) is 66.5 Å². The van der Waals surface area contributed by atoms with Gasteiger partial charge in [-0.2, -0.15) is 50.5 Å². The quantitative estimate of drug-likeness (QED) is 0.0432. The Morgan fingerprint density at radius 3 is 1.00 bits per heavy atom. The van der Waals surface area contributed by atoms with Gasteiger partial charge in [0.15, 0.2) is 0 Å². The molecule has 0 saturated carbocycles. The molecule has 0 aliphatic heterocycles. The minimum absolute atomic E-state index is 0.0443. The molecule has 0 amide bonds. The summed E-state index contributed by atoms with van der Waals surface area (Å²) in [4.78, 5) is -0.787. The molecular weight excluding hydrogens is 1180 g/mol. The molecule has 5 N–H and O–H groups in total. The highest BCUT2D eigenvalue weighted by Gasteiger charge is 2.29. The first-order valence-corrected chi connectivity index (χ1v) is 32.2. The van der Waals surface area contributed by atoms with Gasteiger partial charge in [-0.3, -0.25) is 25.8 Å². The lowest BCUT2D eigenvalue weighted by molar-refractivity contribution is 0.397. The van der Waals surface area contributed by atoms with Crippen molar-refractivity contribution in [1.29, 1.82) is 0 Å². The molecule has 0 atom stereocenters. The van der Waals surface area contributed by atoms with E-state index in [1.165, 1.54) is 61.7 Å². The van der Waals surface area contributed by atoms with Gasteiger partial charge in [0, 0.05) is 60.6 Å². The highest BCUT2D eigenvalue weighted by molar-refractivity contribution is 7.88. The second-order valence-corrected chi connectivity index (χ2v) is 28.0. The summed E-state index contributed by atoms with van der Waals surface area (Å²) in [6.45, 7) is 0. The van der Waals surface area contributed by atoms with Gasteiger partial charge in [-0.05, 0) is 96.0 Å². The molecule has 12 rings (SSSR count). The van der Waals surface area contributed by atoms with Crippen molar-refractivity contribution in [1.82, 2.24) is 0 Å². The third kappa shape index (κ3) is 9.86. The number of benzene rings is 12. The topological polar surface area (TPSA) is 343 Å². The number of phenols is 3. The first kappa shape index (κ1) is 56.9. The molecule has 420 valence electrons. The van der Waals surface area contributed by atoms with E-state index in [1.54, 1.807) is 6.07 Å². The van der Waals surface area contributed by atoms with E-state index in [4.69, 9.17) is 0 Å². The lowest BCUT2D eigenvalue weighted by atomic mass is 9.91. The second kappa shape index (κ2) is 20.0.